The van der Waals surface area contributed by atoms with E-state index in [-0.39, 0.29) is 17.5 Å². The first-order valence-electron chi connectivity index (χ1n) is 6.70. The summed E-state index contributed by atoms with van der Waals surface area (Å²) in [5.41, 5.74) is 0.691. The lowest BCUT2D eigenvalue weighted by Gasteiger charge is -2.26. The van der Waals surface area contributed by atoms with E-state index in [0.717, 1.165) is 12.8 Å². The SMILES string of the molecule is CCCC(C)C(NCC)c1c(F)ccc(C)c1F. The third-order valence-electron chi connectivity index (χ3n) is 3.37. The van der Waals surface area contributed by atoms with Crippen molar-refractivity contribution in [1.29, 1.82) is 0 Å². The summed E-state index contributed by atoms with van der Waals surface area (Å²) in [7, 11) is 0. The third-order valence-corrected chi connectivity index (χ3v) is 3.37. The molecule has 0 aliphatic heterocycles. The summed E-state index contributed by atoms with van der Waals surface area (Å²) in [6, 6.07) is 2.59. The summed E-state index contributed by atoms with van der Waals surface area (Å²) in [6.07, 6.45) is 1.96. The zero-order chi connectivity index (χ0) is 13.7. The maximum atomic E-state index is 14.2. The second-order valence-corrected chi connectivity index (χ2v) is 4.89. The molecular weight excluding hydrogens is 232 g/mol. The molecule has 2 unspecified atom stereocenters. The summed E-state index contributed by atoms with van der Waals surface area (Å²) in [5, 5.41) is 3.21. The molecule has 0 saturated heterocycles. The van der Waals surface area contributed by atoms with Crippen LogP contribution in [0.15, 0.2) is 12.1 Å². The van der Waals surface area contributed by atoms with Crippen molar-refractivity contribution in [3.8, 4) is 0 Å². The normalized spacial score (nSPS) is 14.6. The minimum Gasteiger partial charge on any atom is -0.310 e. The summed E-state index contributed by atoms with van der Waals surface area (Å²) in [5.74, 6) is -0.656. The van der Waals surface area contributed by atoms with Gasteiger partial charge >= 0.3 is 0 Å². The first kappa shape index (κ1) is 15.1. The predicted molar refractivity (Wildman–Crippen MR) is 71.6 cm³/mol. The molecule has 0 aliphatic rings. The van der Waals surface area contributed by atoms with Gasteiger partial charge in [-0.1, -0.05) is 33.3 Å². The van der Waals surface area contributed by atoms with Crippen molar-refractivity contribution in [3.05, 3.63) is 34.9 Å². The summed E-state index contributed by atoms with van der Waals surface area (Å²) < 4.78 is 28.1. The summed E-state index contributed by atoms with van der Waals surface area (Å²) >= 11 is 0. The van der Waals surface area contributed by atoms with Crippen molar-refractivity contribution in [2.75, 3.05) is 6.54 Å². The molecule has 0 aromatic heterocycles. The van der Waals surface area contributed by atoms with Crippen molar-refractivity contribution in [2.24, 2.45) is 5.92 Å². The average Bonchev–Trinajstić information content (AvgIpc) is 2.33. The number of aryl methyl sites for hydroxylation is 1. The highest BCUT2D eigenvalue weighted by Gasteiger charge is 2.25. The molecule has 0 spiro atoms. The number of benzene rings is 1. The van der Waals surface area contributed by atoms with E-state index >= 15 is 0 Å². The van der Waals surface area contributed by atoms with E-state index in [2.05, 4.69) is 12.2 Å². The van der Waals surface area contributed by atoms with Crippen molar-refractivity contribution in [2.45, 2.75) is 46.6 Å². The Morgan fingerprint density at radius 2 is 1.89 bits per heavy atom. The van der Waals surface area contributed by atoms with Gasteiger partial charge in [0, 0.05) is 11.6 Å². The van der Waals surface area contributed by atoms with Crippen molar-refractivity contribution >= 4 is 0 Å². The maximum Gasteiger partial charge on any atom is 0.133 e. The summed E-state index contributed by atoms with van der Waals surface area (Å²) in [6.45, 7) is 8.45. The molecule has 0 radical (unpaired) electrons. The molecule has 1 aromatic carbocycles. The van der Waals surface area contributed by atoms with Crippen LogP contribution in [0.3, 0.4) is 0 Å². The fourth-order valence-electron chi connectivity index (χ4n) is 2.39. The number of hydrogen-bond acceptors (Lipinski definition) is 1. The van der Waals surface area contributed by atoms with Gasteiger partial charge in [0.25, 0.3) is 0 Å². The van der Waals surface area contributed by atoms with E-state index in [1.165, 1.54) is 12.1 Å². The molecule has 2 atom stereocenters. The number of nitrogens with one attached hydrogen (secondary N) is 1. The van der Waals surface area contributed by atoms with E-state index in [0.29, 0.717) is 12.1 Å². The van der Waals surface area contributed by atoms with Crippen LogP contribution in [-0.2, 0) is 0 Å². The third kappa shape index (κ3) is 3.29. The van der Waals surface area contributed by atoms with E-state index < -0.39 is 11.6 Å². The fourth-order valence-corrected chi connectivity index (χ4v) is 2.39. The van der Waals surface area contributed by atoms with Crippen molar-refractivity contribution < 1.29 is 8.78 Å². The van der Waals surface area contributed by atoms with Gasteiger partial charge in [0.15, 0.2) is 0 Å². The first-order valence-corrected chi connectivity index (χ1v) is 6.70. The zero-order valence-corrected chi connectivity index (χ0v) is 11.7. The second kappa shape index (κ2) is 6.83. The second-order valence-electron chi connectivity index (χ2n) is 4.89. The van der Waals surface area contributed by atoms with Gasteiger partial charge < -0.3 is 5.32 Å². The molecule has 0 saturated carbocycles. The van der Waals surface area contributed by atoms with Gasteiger partial charge in [0.2, 0.25) is 0 Å². The Hall–Kier alpha value is -0.960. The molecule has 0 fully saturated rings. The highest BCUT2D eigenvalue weighted by atomic mass is 19.1. The van der Waals surface area contributed by atoms with Gasteiger partial charge in [-0.15, -0.1) is 0 Å². The van der Waals surface area contributed by atoms with Crippen LogP contribution < -0.4 is 5.32 Å². The molecule has 0 amide bonds. The molecule has 0 aliphatic carbocycles. The van der Waals surface area contributed by atoms with Crippen LogP contribution in [0.4, 0.5) is 8.78 Å². The average molecular weight is 255 g/mol. The minimum atomic E-state index is -0.452. The number of hydrogen-bond donors (Lipinski definition) is 1. The van der Waals surface area contributed by atoms with Crippen LogP contribution in [-0.4, -0.2) is 6.54 Å². The number of rotatable bonds is 6. The van der Waals surface area contributed by atoms with Crippen LogP contribution in [0.2, 0.25) is 0 Å². The van der Waals surface area contributed by atoms with Crippen LogP contribution in [0, 0.1) is 24.5 Å². The van der Waals surface area contributed by atoms with Crippen LogP contribution in [0.5, 0.6) is 0 Å². The molecule has 18 heavy (non-hydrogen) atoms. The number of halogens is 2. The Labute approximate surface area is 109 Å². The lowest BCUT2D eigenvalue weighted by molar-refractivity contribution is 0.346. The first-order chi connectivity index (χ1) is 8.52. The molecule has 1 rings (SSSR count). The molecule has 1 nitrogen and oxygen atoms in total. The predicted octanol–water partition coefficient (Wildman–Crippen LogP) is 4.36. The molecule has 3 heteroatoms. The smallest absolute Gasteiger partial charge is 0.133 e. The highest BCUT2D eigenvalue weighted by Crippen LogP contribution is 2.30. The Morgan fingerprint density at radius 3 is 2.44 bits per heavy atom. The van der Waals surface area contributed by atoms with Gasteiger partial charge in [0.05, 0.1) is 0 Å². The van der Waals surface area contributed by atoms with Crippen LogP contribution in [0.1, 0.15) is 50.8 Å². The molecular formula is C15H23F2N. The van der Waals surface area contributed by atoms with E-state index in [9.17, 15) is 8.78 Å². The van der Waals surface area contributed by atoms with Gasteiger partial charge in [-0.05, 0) is 37.4 Å². The lowest BCUT2D eigenvalue weighted by atomic mass is 9.89. The van der Waals surface area contributed by atoms with Crippen molar-refractivity contribution in [1.82, 2.24) is 5.32 Å². The molecule has 1 N–H and O–H groups in total. The van der Waals surface area contributed by atoms with Gasteiger partial charge in [-0.25, -0.2) is 8.78 Å². The van der Waals surface area contributed by atoms with Crippen molar-refractivity contribution in [3.63, 3.8) is 0 Å². The Morgan fingerprint density at radius 1 is 1.22 bits per heavy atom. The Bertz CT molecular complexity index is 390. The summed E-state index contributed by atoms with van der Waals surface area (Å²) in [4.78, 5) is 0. The van der Waals surface area contributed by atoms with Crippen LogP contribution in [0.25, 0.3) is 0 Å². The quantitative estimate of drug-likeness (QED) is 0.796. The van der Waals surface area contributed by atoms with E-state index in [4.69, 9.17) is 0 Å². The molecule has 0 bridgehead atoms. The molecule has 0 heterocycles. The molecule has 102 valence electrons. The van der Waals surface area contributed by atoms with E-state index in [1.807, 2.05) is 13.8 Å². The largest absolute Gasteiger partial charge is 0.310 e. The standard InChI is InChI=1S/C15H23F2N/c1-5-7-11(4)15(18-6-2)13-12(16)9-8-10(3)14(13)17/h8-9,11,15,18H,5-7H2,1-4H3. The van der Waals surface area contributed by atoms with Crippen LogP contribution >= 0.6 is 0 Å². The minimum absolute atomic E-state index is 0.192. The van der Waals surface area contributed by atoms with E-state index in [1.54, 1.807) is 6.92 Å². The maximum absolute atomic E-state index is 14.2. The zero-order valence-electron chi connectivity index (χ0n) is 11.7. The lowest BCUT2D eigenvalue weighted by Crippen LogP contribution is -2.29. The topological polar surface area (TPSA) is 12.0 Å². The highest BCUT2D eigenvalue weighted by molar-refractivity contribution is 5.29. The van der Waals surface area contributed by atoms with Gasteiger partial charge in [-0.3, -0.25) is 0 Å². The Kier molecular flexibility index (Phi) is 5.73. The fraction of sp³-hybridized carbons (Fsp3) is 0.600. The van der Waals surface area contributed by atoms with Gasteiger partial charge in [-0.2, -0.15) is 0 Å². The van der Waals surface area contributed by atoms with Gasteiger partial charge in [0.1, 0.15) is 11.6 Å². The monoisotopic (exact) mass is 255 g/mol. The Balaban J connectivity index is 3.16. The molecule has 1 aromatic rings.